The minimum absolute atomic E-state index is 0. The van der Waals surface area contributed by atoms with Crippen LogP contribution >= 0.6 is 24.0 Å². The average Bonchev–Trinajstić information content (AvgIpc) is 3.21. The molecule has 0 spiro atoms. The smallest absolute Gasteiger partial charge is 0.191 e. The third-order valence-electron chi connectivity index (χ3n) is 4.22. The van der Waals surface area contributed by atoms with Crippen LogP contribution in [0.25, 0.3) is 0 Å². The lowest BCUT2D eigenvalue weighted by atomic mass is 10.2. The molecule has 1 aromatic carbocycles. The summed E-state index contributed by atoms with van der Waals surface area (Å²) in [5, 5.41) is 6.67. The summed E-state index contributed by atoms with van der Waals surface area (Å²) >= 11 is 0. The average molecular weight is 486 g/mol. The lowest BCUT2D eigenvalue weighted by Crippen LogP contribution is -2.44. The van der Waals surface area contributed by atoms with Crippen molar-refractivity contribution in [2.75, 3.05) is 39.8 Å². The first-order valence-corrected chi connectivity index (χ1v) is 9.18. The number of para-hydroxylation sites is 1. The molecule has 2 N–H and O–H groups in total. The molecule has 0 fully saturated rings. The highest BCUT2D eigenvalue weighted by atomic mass is 127. The Hall–Kier alpha value is -1.74. The van der Waals surface area contributed by atoms with Crippen molar-refractivity contribution in [3.05, 3.63) is 54.5 Å². The molecule has 1 aromatic heterocycles. The Labute approximate surface area is 179 Å². The molecule has 6 nitrogen and oxygen atoms in total. The van der Waals surface area contributed by atoms with Crippen LogP contribution in [0, 0.1) is 0 Å². The number of hydrogen-bond acceptors (Lipinski definition) is 4. The molecule has 27 heavy (non-hydrogen) atoms. The van der Waals surface area contributed by atoms with E-state index in [1.807, 2.05) is 42.5 Å². The predicted octanol–water partition coefficient (Wildman–Crippen LogP) is 3.52. The Morgan fingerprint density at radius 3 is 2.44 bits per heavy atom. The lowest BCUT2D eigenvalue weighted by molar-refractivity contribution is 0.193. The van der Waals surface area contributed by atoms with Gasteiger partial charge in [-0.3, -0.25) is 9.89 Å². The van der Waals surface area contributed by atoms with E-state index in [4.69, 9.17) is 9.15 Å². The quantitative estimate of drug-likeness (QED) is 0.233. The lowest BCUT2D eigenvalue weighted by Gasteiger charge is -2.28. The van der Waals surface area contributed by atoms with E-state index in [-0.39, 0.29) is 30.0 Å². The molecule has 2 aromatic rings. The fourth-order valence-corrected chi connectivity index (χ4v) is 2.82. The summed E-state index contributed by atoms with van der Waals surface area (Å²) in [6, 6.07) is 13.9. The number of halogens is 1. The first kappa shape index (κ1) is 23.3. The van der Waals surface area contributed by atoms with Gasteiger partial charge in [0.25, 0.3) is 0 Å². The van der Waals surface area contributed by atoms with Gasteiger partial charge in [-0.15, -0.1) is 24.0 Å². The summed E-state index contributed by atoms with van der Waals surface area (Å²) in [7, 11) is 1.77. The minimum Gasteiger partial charge on any atom is -0.492 e. The summed E-state index contributed by atoms with van der Waals surface area (Å²) in [4.78, 5) is 6.65. The maximum absolute atomic E-state index is 5.69. The minimum atomic E-state index is 0. The fraction of sp³-hybridized carbons (Fsp3) is 0.450. The number of hydrogen-bond donors (Lipinski definition) is 2. The Bertz CT molecular complexity index is 631. The molecule has 2 rings (SSSR count). The van der Waals surface area contributed by atoms with Crippen molar-refractivity contribution in [1.82, 2.24) is 15.5 Å². The maximum Gasteiger partial charge on any atom is 0.191 e. The molecule has 0 saturated heterocycles. The van der Waals surface area contributed by atoms with Gasteiger partial charge in [0.2, 0.25) is 0 Å². The molecule has 150 valence electrons. The summed E-state index contributed by atoms with van der Waals surface area (Å²) < 4.78 is 11.3. The molecule has 1 heterocycles. The van der Waals surface area contributed by atoms with Crippen LogP contribution in [-0.2, 0) is 0 Å². The normalized spacial score (nSPS) is 12.4. The van der Waals surface area contributed by atoms with E-state index in [2.05, 4.69) is 34.4 Å². The number of nitrogens with zero attached hydrogens (tertiary/aromatic N) is 2. The molecule has 0 aliphatic carbocycles. The van der Waals surface area contributed by atoms with Gasteiger partial charge in [-0.05, 0) is 37.4 Å². The predicted molar refractivity (Wildman–Crippen MR) is 121 cm³/mol. The van der Waals surface area contributed by atoms with Crippen LogP contribution in [0.4, 0.5) is 0 Å². The number of benzene rings is 1. The number of nitrogens with one attached hydrogen (secondary N) is 2. The Kier molecular flexibility index (Phi) is 11.6. The summed E-state index contributed by atoms with van der Waals surface area (Å²) in [6.45, 7) is 8.20. The molecule has 0 aliphatic heterocycles. The highest BCUT2D eigenvalue weighted by Crippen LogP contribution is 2.20. The van der Waals surface area contributed by atoms with Crippen LogP contribution in [0.5, 0.6) is 5.75 Å². The number of rotatable bonds is 10. The summed E-state index contributed by atoms with van der Waals surface area (Å²) in [5.41, 5.74) is 0. The molecule has 1 unspecified atom stereocenters. The van der Waals surface area contributed by atoms with Crippen LogP contribution in [-0.4, -0.2) is 50.7 Å². The first-order chi connectivity index (χ1) is 12.8. The van der Waals surface area contributed by atoms with E-state index in [0.717, 1.165) is 30.6 Å². The highest BCUT2D eigenvalue weighted by Gasteiger charge is 2.20. The van der Waals surface area contributed by atoms with E-state index in [1.54, 1.807) is 13.3 Å². The van der Waals surface area contributed by atoms with Gasteiger partial charge in [0.05, 0.1) is 18.8 Å². The van der Waals surface area contributed by atoms with Crippen molar-refractivity contribution >= 4 is 29.9 Å². The van der Waals surface area contributed by atoms with Crippen LogP contribution in [0.15, 0.2) is 58.1 Å². The van der Waals surface area contributed by atoms with E-state index in [1.165, 1.54) is 0 Å². The van der Waals surface area contributed by atoms with Crippen LogP contribution in [0.2, 0.25) is 0 Å². The zero-order chi connectivity index (χ0) is 18.6. The van der Waals surface area contributed by atoms with Crippen molar-refractivity contribution in [3.63, 3.8) is 0 Å². The fourth-order valence-electron chi connectivity index (χ4n) is 2.82. The molecular weight excluding hydrogens is 455 g/mol. The Balaban J connectivity index is 0.00000364. The second-order valence-corrected chi connectivity index (χ2v) is 5.79. The Morgan fingerprint density at radius 2 is 1.85 bits per heavy atom. The van der Waals surface area contributed by atoms with Gasteiger partial charge in [0.15, 0.2) is 5.96 Å². The van der Waals surface area contributed by atoms with Gasteiger partial charge in [-0.2, -0.15) is 0 Å². The number of guanidine groups is 1. The van der Waals surface area contributed by atoms with Gasteiger partial charge in [-0.25, -0.2) is 0 Å². The van der Waals surface area contributed by atoms with Gasteiger partial charge >= 0.3 is 0 Å². The molecular formula is C20H31IN4O2. The van der Waals surface area contributed by atoms with E-state index >= 15 is 0 Å². The monoisotopic (exact) mass is 486 g/mol. The molecule has 0 bridgehead atoms. The third-order valence-corrected chi connectivity index (χ3v) is 4.22. The first-order valence-electron chi connectivity index (χ1n) is 9.18. The number of ether oxygens (including phenoxy) is 1. The van der Waals surface area contributed by atoms with Gasteiger partial charge in [0, 0.05) is 13.6 Å². The van der Waals surface area contributed by atoms with E-state index in [0.29, 0.717) is 19.7 Å². The van der Waals surface area contributed by atoms with E-state index < -0.39 is 0 Å². The number of aliphatic imine (C=N–C) groups is 1. The largest absolute Gasteiger partial charge is 0.492 e. The van der Waals surface area contributed by atoms with Gasteiger partial charge in [-0.1, -0.05) is 32.0 Å². The van der Waals surface area contributed by atoms with E-state index in [9.17, 15) is 0 Å². The van der Waals surface area contributed by atoms with Crippen molar-refractivity contribution in [2.24, 2.45) is 4.99 Å². The van der Waals surface area contributed by atoms with Gasteiger partial charge in [0.1, 0.15) is 18.1 Å². The SMILES string of the molecule is CCN(CC)C(CNC(=NC)NCCOc1ccccc1)c1ccco1.I. The Morgan fingerprint density at radius 1 is 1.11 bits per heavy atom. The number of likely N-dealkylation sites (N-methyl/N-ethyl adjacent to an activating group) is 1. The molecule has 7 heteroatoms. The third kappa shape index (κ3) is 7.80. The van der Waals surface area contributed by atoms with Crippen LogP contribution < -0.4 is 15.4 Å². The molecule has 0 radical (unpaired) electrons. The summed E-state index contributed by atoms with van der Waals surface area (Å²) in [6.07, 6.45) is 1.72. The zero-order valence-electron chi connectivity index (χ0n) is 16.4. The van der Waals surface area contributed by atoms with Crippen LogP contribution in [0.3, 0.4) is 0 Å². The highest BCUT2D eigenvalue weighted by molar-refractivity contribution is 14.0. The van der Waals surface area contributed by atoms with Crippen molar-refractivity contribution in [1.29, 1.82) is 0 Å². The molecule has 0 aliphatic rings. The molecule has 0 amide bonds. The standard InChI is InChI=1S/C20H30N4O2.HI/c1-4-24(5-2)18(19-12-9-14-26-19)16-23-20(21-3)22-13-15-25-17-10-7-6-8-11-17;/h6-12,14,18H,4-5,13,15-16H2,1-3H3,(H2,21,22,23);1H. The second-order valence-electron chi connectivity index (χ2n) is 5.79. The molecule has 0 saturated carbocycles. The van der Waals surface area contributed by atoms with Crippen LogP contribution in [0.1, 0.15) is 25.6 Å². The number of furan rings is 1. The van der Waals surface area contributed by atoms with Crippen molar-refractivity contribution in [3.8, 4) is 5.75 Å². The maximum atomic E-state index is 5.69. The zero-order valence-corrected chi connectivity index (χ0v) is 18.7. The summed E-state index contributed by atoms with van der Waals surface area (Å²) in [5.74, 6) is 2.59. The topological polar surface area (TPSA) is 62.0 Å². The second kappa shape index (κ2) is 13.4. The van der Waals surface area contributed by atoms with Crippen molar-refractivity contribution in [2.45, 2.75) is 19.9 Å². The van der Waals surface area contributed by atoms with Gasteiger partial charge < -0.3 is 19.8 Å². The van der Waals surface area contributed by atoms with Crippen molar-refractivity contribution < 1.29 is 9.15 Å². The molecule has 1 atom stereocenters.